The fraction of sp³-hybridized carbons (Fsp3) is 0.381. The molecular weight excluding hydrogens is 384 g/mol. The molecule has 3 rings (SSSR count). The molecule has 0 saturated heterocycles. The van der Waals surface area contributed by atoms with Gasteiger partial charge in [-0.3, -0.25) is 0 Å². The van der Waals surface area contributed by atoms with Crippen molar-refractivity contribution in [1.29, 1.82) is 0 Å². The SMILES string of the molecule is CCc1nncn1CCNC(=NCc1ccc(OC)cc1)NCCc1cccs1. The monoisotopic (exact) mass is 412 g/mol. The second-order valence-electron chi connectivity index (χ2n) is 6.49. The zero-order valence-electron chi connectivity index (χ0n) is 17.0. The van der Waals surface area contributed by atoms with Crippen LogP contribution in [0.4, 0.5) is 0 Å². The molecule has 0 unspecified atom stereocenters. The molecule has 1 aromatic carbocycles. The van der Waals surface area contributed by atoms with E-state index in [-0.39, 0.29) is 0 Å². The molecule has 0 aliphatic rings. The minimum Gasteiger partial charge on any atom is -0.497 e. The van der Waals surface area contributed by atoms with Gasteiger partial charge in [0, 0.05) is 30.9 Å². The molecule has 0 amide bonds. The van der Waals surface area contributed by atoms with E-state index in [1.165, 1.54) is 4.88 Å². The van der Waals surface area contributed by atoms with Crippen molar-refractivity contribution in [3.05, 3.63) is 64.4 Å². The zero-order valence-corrected chi connectivity index (χ0v) is 17.8. The van der Waals surface area contributed by atoms with E-state index in [4.69, 9.17) is 9.73 Å². The van der Waals surface area contributed by atoms with Crippen molar-refractivity contribution in [2.45, 2.75) is 32.9 Å². The Morgan fingerprint density at radius 2 is 2.00 bits per heavy atom. The summed E-state index contributed by atoms with van der Waals surface area (Å²) in [5, 5.41) is 17.1. The van der Waals surface area contributed by atoms with Crippen molar-refractivity contribution in [3.63, 3.8) is 0 Å². The summed E-state index contributed by atoms with van der Waals surface area (Å²) in [4.78, 5) is 6.11. The van der Waals surface area contributed by atoms with Gasteiger partial charge >= 0.3 is 0 Å². The number of guanidine groups is 1. The lowest BCUT2D eigenvalue weighted by molar-refractivity contribution is 0.414. The third kappa shape index (κ3) is 6.60. The summed E-state index contributed by atoms with van der Waals surface area (Å²) in [7, 11) is 1.67. The lowest BCUT2D eigenvalue weighted by Gasteiger charge is -2.13. The average molecular weight is 413 g/mol. The van der Waals surface area contributed by atoms with Gasteiger partial charge in [0.15, 0.2) is 5.96 Å². The molecule has 0 spiro atoms. The van der Waals surface area contributed by atoms with E-state index in [1.54, 1.807) is 24.8 Å². The van der Waals surface area contributed by atoms with Crippen molar-refractivity contribution < 1.29 is 4.74 Å². The van der Waals surface area contributed by atoms with Gasteiger partial charge < -0.3 is 19.9 Å². The van der Waals surface area contributed by atoms with Gasteiger partial charge in [-0.05, 0) is 35.6 Å². The Hall–Kier alpha value is -2.87. The van der Waals surface area contributed by atoms with Gasteiger partial charge in [-0.25, -0.2) is 4.99 Å². The maximum absolute atomic E-state index is 5.22. The predicted molar refractivity (Wildman–Crippen MR) is 118 cm³/mol. The fourth-order valence-corrected chi connectivity index (χ4v) is 3.58. The number of methoxy groups -OCH3 is 1. The van der Waals surface area contributed by atoms with Crippen LogP contribution in [-0.2, 0) is 25.9 Å². The van der Waals surface area contributed by atoms with Gasteiger partial charge in [0.25, 0.3) is 0 Å². The van der Waals surface area contributed by atoms with Crippen LogP contribution in [0.2, 0.25) is 0 Å². The minimum absolute atomic E-state index is 0.602. The molecule has 2 N–H and O–H groups in total. The first kappa shape index (κ1) is 20.9. The normalized spacial score (nSPS) is 11.4. The fourth-order valence-electron chi connectivity index (χ4n) is 2.87. The predicted octanol–water partition coefficient (Wildman–Crippen LogP) is 2.89. The molecule has 0 fully saturated rings. The van der Waals surface area contributed by atoms with Crippen LogP contribution in [0.1, 0.15) is 23.2 Å². The highest BCUT2D eigenvalue weighted by Crippen LogP contribution is 2.12. The number of nitrogens with one attached hydrogen (secondary N) is 2. The second-order valence-corrected chi connectivity index (χ2v) is 7.52. The van der Waals surface area contributed by atoms with E-state index in [0.717, 1.165) is 55.6 Å². The molecule has 0 aliphatic heterocycles. The maximum atomic E-state index is 5.22. The minimum atomic E-state index is 0.602. The van der Waals surface area contributed by atoms with Crippen LogP contribution in [0, 0.1) is 0 Å². The first-order valence-electron chi connectivity index (χ1n) is 9.82. The number of aryl methyl sites for hydroxylation is 1. The van der Waals surface area contributed by atoms with E-state index >= 15 is 0 Å². The summed E-state index contributed by atoms with van der Waals surface area (Å²) in [5.41, 5.74) is 1.14. The molecule has 0 saturated carbocycles. The number of hydrogen-bond donors (Lipinski definition) is 2. The molecule has 8 heteroatoms. The summed E-state index contributed by atoms with van der Waals surface area (Å²) in [5.74, 6) is 2.66. The van der Waals surface area contributed by atoms with E-state index in [1.807, 2.05) is 24.3 Å². The smallest absolute Gasteiger partial charge is 0.191 e. The van der Waals surface area contributed by atoms with Crippen LogP contribution >= 0.6 is 11.3 Å². The van der Waals surface area contributed by atoms with Crippen LogP contribution in [0.15, 0.2) is 53.1 Å². The molecule has 0 aliphatic carbocycles. The highest BCUT2D eigenvalue weighted by molar-refractivity contribution is 7.09. The Bertz CT molecular complexity index is 873. The summed E-state index contributed by atoms with van der Waals surface area (Å²) < 4.78 is 7.29. The Balaban J connectivity index is 1.56. The first-order chi connectivity index (χ1) is 14.3. The number of aromatic nitrogens is 3. The third-order valence-corrected chi connectivity index (χ3v) is 5.42. The standard InChI is InChI=1S/C21H28N6OS/c1-3-20-26-25-16-27(20)13-12-23-21(22-11-10-19-5-4-14-29-19)24-15-17-6-8-18(28-2)9-7-17/h4-9,14,16H,3,10-13,15H2,1-2H3,(H2,22,23,24). The molecular formula is C21H28N6OS. The number of hydrogen-bond acceptors (Lipinski definition) is 5. The summed E-state index contributed by atoms with van der Waals surface area (Å²) in [6.45, 7) is 5.07. The van der Waals surface area contributed by atoms with Crippen molar-refractivity contribution in [1.82, 2.24) is 25.4 Å². The first-order valence-corrected chi connectivity index (χ1v) is 10.7. The van der Waals surface area contributed by atoms with E-state index < -0.39 is 0 Å². The van der Waals surface area contributed by atoms with Gasteiger partial charge in [-0.15, -0.1) is 21.5 Å². The Morgan fingerprint density at radius 1 is 1.17 bits per heavy atom. The molecule has 0 radical (unpaired) electrons. The van der Waals surface area contributed by atoms with Crippen molar-refractivity contribution >= 4 is 17.3 Å². The Morgan fingerprint density at radius 3 is 2.72 bits per heavy atom. The third-order valence-electron chi connectivity index (χ3n) is 4.48. The van der Waals surface area contributed by atoms with Crippen LogP contribution in [0.3, 0.4) is 0 Å². The van der Waals surface area contributed by atoms with Crippen molar-refractivity contribution in [2.75, 3.05) is 20.2 Å². The lowest BCUT2D eigenvalue weighted by Crippen LogP contribution is -2.40. The van der Waals surface area contributed by atoms with Crippen LogP contribution < -0.4 is 15.4 Å². The van der Waals surface area contributed by atoms with Gasteiger partial charge in [-0.1, -0.05) is 25.1 Å². The summed E-state index contributed by atoms with van der Waals surface area (Å²) in [6, 6.07) is 12.2. The highest BCUT2D eigenvalue weighted by atomic mass is 32.1. The van der Waals surface area contributed by atoms with E-state index in [2.05, 4.69) is 49.8 Å². The zero-order chi connectivity index (χ0) is 20.3. The molecule has 2 aromatic heterocycles. The highest BCUT2D eigenvalue weighted by Gasteiger charge is 2.04. The number of benzene rings is 1. The second kappa shape index (κ2) is 11.2. The van der Waals surface area contributed by atoms with Gasteiger partial charge in [-0.2, -0.15) is 0 Å². The van der Waals surface area contributed by atoms with E-state index in [0.29, 0.717) is 6.54 Å². The van der Waals surface area contributed by atoms with Gasteiger partial charge in [0.1, 0.15) is 17.9 Å². The van der Waals surface area contributed by atoms with Gasteiger partial charge in [0.05, 0.1) is 13.7 Å². The molecule has 29 heavy (non-hydrogen) atoms. The van der Waals surface area contributed by atoms with Crippen LogP contribution in [-0.4, -0.2) is 40.9 Å². The van der Waals surface area contributed by atoms with Crippen molar-refractivity contribution in [3.8, 4) is 5.75 Å². The van der Waals surface area contributed by atoms with Crippen molar-refractivity contribution in [2.24, 2.45) is 4.99 Å². The number of ether oxygens (including phenoxy) is 1. The summed E-state index contributed by atoms with van der Waals surface area (Å²) >= 11 is 1.78. The molecule has 2 heterocycles. The number of aliphatic imine (C=N–C) groups is 1. The molecule has 0 bridgehead atoms. The number of rotatable bonds is 10. The summed E-state index contributed by atoms with van der Waals surface area (Å²) in [6.07, 6.45) is 3.63. The largest absolute Gasteiger partial charge is 0.497 e. The quantitative estimate of drug-likeness (QED) is 0.396. The van der Waals surface area contributed by atoms with Crippen LogP contribution in [0.25, 0.3) is 0 Å². The molecule has 0 atom stereocenters. The maximum Gasteiger partial charge on any atom is 0.191 e. The van der Waals surface area contributed by atoms with Gasteiger partial charge in [0.2, 0.25) is 0 Å². The van der Waals surface area contributed by atoms with Crippen LogP contribution in [0.5, 0.6) is 5.75 Å². The number of thiophene rings is 1. The van der Waals surface area contributed by atoms with E-state index in [9.17, 15) is 0 Å². The average Bonchev–Trinajstić information content (AvgIpc) is 3.43. The lowest BCUT2D eigenvalue weighted by atomic mass is 10.2. The molecule has 7 nitrogen and oxygen atoms in total. The molecule has 154 valence electrons. The Labute approximate surface area is 175 Å². The topological polar surface area (TPSA) is 76.4 Å². The number of nitrogens with zero attached hydrogens (tertiary/aromatic N) is 4. The Kier molecular flexibility index (Phi) is 8.06. The molecule has 3 aromatic rings.